The Morgan fingerprint density at radius 1 is 1.79 bits per heavy atom. The van der Waals surface area contributed by atoms with Crippen LogP contribution in [0, 0.1) is 12.3 Å². The van der Waals surface area contributed by atoms with Crippen LogP contribution in [0.2, 0.25) is 5.28 Å². The average Bonchev–Trinajstić information content (AvgIpc) is 2.20. The number of anilines is 1. The highest BCUT2D eigenvalue weighted by atomic mass is 35.5. The van der Waals surface area contributed by atoms with Crippen molar-refractivity contribution in [3.8, 4) is 18.1 Å². The summed E-state index contributed by atoms with van der Waals surface area (Å²) in [4.78, 5) is 9.73. The van der Waals surface area contributed by atoms with Gasteiger partial charge in [0.1, 0.15) is 12.6 Å². The zero-order valence-corrected chi connectivity index (χ0v) is 8.32. The van der Waals surface area contributed by atoms with E-state index in [2.05, 4.69) is 15.9 Å². The Balaban J connectivity index is 2.44. The van der Waals surface area contributed by atoms with Gasteiger partial charge in [0.15, 0.2) is 11.6 Å². The average molecular weight is 210 g/mol. The first-order valence-electron chi connectivity index (χ1n) is 4.06. The molecule has 1 aromatic rings. The first-order chi connectivity index (χ1) is 6.72. The molecule has 4 nitrogen and oxygen atoms in total. The van der Waals surface area contributed by atoms with Crippen molar-refractivity contribution in [2.75, 3.05) is 18.6 Å². The van der Waals surface area contributed by atoms with Crippen molar-refractivity contribution in [3.05, 3.63) is 11.5 Å². The van der Waals surface area contributed by atoms with Gasteiger partial charge in [0.25, 0.3) is 0 Å². The van der Waals surface area contributed by atoms with Crippen molar-refractivity contribution < 1.29 is 4.74 Å². The van der Waals surface area contributed by atoms with Gasteiger partial charge in [-0.3, -0.25) is 0 Å². The van der Waals surface area contributed by atoms with Crippen LogP contribution in [0.5, 0.6) is 5.75 Å². The van der Waals surface area contributed by atoms with Gasteiger partial charge in [0, 0.05) is 7.05 Å². The second kappa shape index (κ2) is 3.35. The smallest absolute Gasteiger partial charge is 0.224 e. The van der Waals surface area contributed by atoms with Crippen molar-refractivity contribution in [1.29, 1.82) is 0 Å². The molecule has 0 saturated carbocycles. The summed E-state index contributed by atoms with van der Waals surface area (Å²) in [6.45, 7) is 0.449. The highest BCUT2D eigenvalue weighted by molar-refractivity contribution is 6.28. The predicted molar refractivity (Wildman–Crippen MR) is 53.6 cm³/mol. The first kappa shape index (κ1) is 9.10. The van der Waals surface area contributed by atoms with Crippen LogP contribution in [-0.2, 0) is 0 Å². The fourth-order valence-corrected chi connectivity index (χ4v) is 1.41. The zero-order valence-electron chi connectivity index (χ0n) is 7.57. The lowest BCUT2D eigenvalue weighted by Crippen LogP contribution is -2.39. The third kappa shape index (κ3) is 1.36. The van der Waals surface area contributed by atoms with E-state index in [4.69, 9.17) is 22.8 Å². The van der Waals surface area contributed by atoms with Gasteiger partial charge >= 0.3 is 0 Å². The molecule has 0 spiro atoms. The number of rotatable bonds is 0. The molecule has 0 bridgehead atoms. The lowest BCUT2D eigenvalue weighted by Gasteiger charge is -2.31. The largest absolute Gasteiger partial charge is 0.485 e. The molecule has 2 heterocycles. The molecule has 0 saturated heterocycles. The molecule has 1 atom stereocenters. The third-order valence-corrected chi connectivity index (χ3v) is 2.28. The maximum absolute atomic E-state index is 5.68. The molecule has 1 aliphatic heterocycles. The maximum atomic E-state index is 5.68. The molecule has 1 aromatic heterocycles. The fourth-order valence-electron chi connectivity index (χ4n) is 1.28. The zero-order chi connectivity index (χ0) is 10.1. The minimum atomic E-state index is -0.103. The van der Waals surface area contributed by atoms with Crippen molar-refractivity contribution in [3.63, 3.8) is 0 Å². The molecular weight excluding hydrogens is 202 g/mol. The highest BCUT2D eigenvalue weighted by Gasteiger charge is 2.24. The Morgan fingerprint density at radius 2 is 2.57 bits per heavy atom. The second-order valence-corrected chi connectivity index (χ2v) is 3.27. The van der Waals surface area contributed by atoms with E-state index < -0.39 is 0 Å². The lowest BCUT2D eigenvalue weighted by molar-refractivity contribution is 0.286. The van der Waals surface area contributed by atoms with Crippen LogP contribution in [0.3, 0.4) is 0 Å². The van der Waals surface area contributed by atoms with E-state index in [1.807, 2.05) is 11.9 Å². The number of ether oxygens (including phenoxy) is 1. The van der Waals surface area contributed by atoms with E-state index in [0.29, 0.717) is 18.2 Å². The minimum absolute atomic E-state index is 0.103. The molecule has 14 heavy (non-hydrogen) atoms. The number of aromatic nitrogens is 2. The minimum Gasteiger partial charge on any atom is -0.485 e. The van der Waals surface area contributed by atoms with Gasteiger partial charge in [-0.1, -0.05) is 5.92 Å². The Kier molecular flexibility index (Phi) is 2.18. The number of fused-ring (bicyclic) bond motifs is 1. The van der Waals surface area contributed by atoms with E-state index in [-0.39, 0.29) is 11.3 Å². The monoisotopic (exact) mass is 209 g/mol. The number of hydrogen-bond donors (Lipinski definition) is 0. The Morgan fingerprint density at radius 3 is 3.29 bits per heavy atom. The van der Waals surface area contributed by atoms with Crippen molar-refractivity contribution in [1.82, 2.24) is 9.97 Å². The predicted octanol–water partition coefficient (Wildman–Crippen LogP) is 0.960. The van der Waals surface area contributed by atoms with Gasteiger partial charge in [0.05, 0.1) is 6.20 Å². The SMILES string of the molecule is C#C[C@H]1COc2cnc(Cl)nc2N1C. The molecule has 5 heteroatoms. The summed E-state index contributed by atoms with van der Waals surface area (Å²) in [6, 6.07) is -0.103. The normalized spacial score (nSPS) is 19.5. The van der Waals surface area contributed by atoms with Crippen LogP contribution >= 0.6 is 11.6 Å². The van der Waals surface area contributed by atoms with Gasteiger partial charge in [-0.25, -0.2) is 4.98 Å². The van der Waals surface area contributed by atoms with E-state index in [9.17, 15) is 0 Å². The van der Waals surface area contributed by atoms with Crippen molar-refractivity contribution in [2.45, 2.75) is 6.04 Å². The van der Waals surface area contributed by atoms with Crippen LogP contribution in [0.4, 0.5) is 5.82 Å². The summed E-state index contributed by atoms with van der Waals surface area (Å²) in [7, 11) is 1.86. The van der Waals surface area contributed by atoms with Crippen LogP contribution in [-0.4, -0.2) is 29.7 Å². The maximum Gasteiger partial charge on any atom is 0.224 e. The first-order valence-corrected chi connectivity index (χ1v) is 4.44. The Labute approximate surface area is 86.9 Å². The molecule has 0 N–H and O–H groups in total. The van der Waals surface area contributed by atoms with Gasteiger partial charge in [-0.15, -0.1) is 6.42 Å². The summed E-state index contributed by atoms with van der Waals surface area (Å²) >= 11 is 5.68. The van der Waals surface area contributed by atoms with Gasteiger partial charge < -0.3 is 9.64 Å². The standard InChI is InChI=1S/C9H8ClN3O/c1-3-6-5-14-7-4-11-9(10)12-8(7)13(6)2/h1,4,6H,5H2,2H3/t6-/m0/s1. The number of terminal acetylenes is 1. The molecule has 0 amide bonds. The Hall–Kier alpha value is -1.47. The molecule has 72 valence electrons. The van der Waals surface area contributed by atoms with Gasteiger partial charge in [0.2, 0.25) is 5.28 Å². The summed E-state index contributed by atoms with van der Waals surface area (Å²) in [6.07, 6.45) is 6.89. The molecule has 1 aliphatic rings. The fraction of sp³-hybridized carbons (Fsp3) is 0.333. The van der Waals surface area contributed by atoms with Crippen molar-refractivity contribution >= 4 is 17.4 Å². The van der Waals surface area contributed by atoms with E-state index in [1.54, 1.807) is 6.20 Å². The molecule has 2 rings (SSSR count). The number of likely N-dealkylation sites (N-methyl/N-ethyl adjacent to an activating group) is 1. The molecule has 0 radical (unpaired) electrons. The molecular formula is C9H8ClN3O. The van der Waals surface area contributed by atoms with Crippen LogP contribution in [0.1, 0.15) is 0 Å². The van der Waals surface area contributed by atoms with Crippen LogP contribution in [0.15, 0.2) is 6.20 Å². The topological polar surface area (TPSA) is 38.3 Å². The third-order valence-electron chi connectivity index (χ3n) is 2.10. The number of halogens is 1. The number of hydrogen-bond acceptors (Lipinski definition) is 4. The molecule has 0 aromatic carbocycles. The van der Waals surface area contributed by atoms with Crippen LogP contribution < -0.4 is 9.64 Å². The summed E-state index contributed by atoms with van der Waals surface area (Å²) < 4.78 is 5.38. The van der Waals surface area contributed by atoms with E-state index in [0.717, 1.165) is 0 Å². The number of nitrogens with zero attached hydrogens (tertiary/aromatic N) is 3. The Bertz CT molecular complexity index is 402. The van der Waals surface area contributed by atoms with Gasteiger partial charge in [-0.2, -0.15) is 4.98 Å². The lowest BCUT2D eigenvalue weighted by atomic mass is 10.2. The second-order valence-electron chi connectivity index (χ2n) is 2.93. The summed E-state index contributed by atoms with van der Waals surface area (Å²) in [5, 5.41) is 0.192. The molecule has 0 unspecified atom stereocenters. The highest BCUT2D eigenvalue weighted by Crippen LogP contribution is 2.30. The van der Waals surface area contributed by atoms with E-state index >= 15 is 0 Å². The summed E-state index contributed by atoms with van der Waals surface area (Å²) in [5.74, 6) is 3.86. The summed E-state index contributed by atoms with van der Waals surface area (Å²) in [5.41, 5.74) is 0. The van der Waals surface area contributed by atoms with Crippen LogP contribution in [0.25, 0.3) is 0 Å². The quantitative estimate of drug-likeness (QED) is 0.471. The van der Waals surface area contributed by atoms with E-state index in [1.165, 1.54) is 0 Å². The molecule has 0 aliphatic carbocycles. The molecule has 0 fully saturated rings. The van der Waals surface area contributed by atoms with Gasteiger partial charge in [-0.05, 0) is 11.6 Å². The van der Waals surface area contributed by atoms with Crippen molar-refractivity contribution in [2.24, 2.45) is 0 Å².